The molecule has 0 amide bonds. The molecule has 0 spiro atoms. The maximum absolute atomic E-state index is 14.2. The highest BCUT2D eigenvalue weighted by Gasteiger charge is 2.47. The Bertz CT molecular complexity index is 2550. The summed E-state index contributed by atoms with van der Waals surface area (Å²) in [7, 11) is 0. The van der Waals surface area contributed by atoms with E-state index in [9.17, 15) is 35.2 Å². The van der Waals surface area contributed by atoms with Crippen LogP contribution in [0.3, 0.4) is 0 Å². The molecule has 0 heterocycles. The van der Waals surface area contributed by atoms with Crippen LogP contribution in [0.4, 0.5) is 11.4 Å². The third-order valence-corrected chi connectivity index (χ3v) is 12.4. The van der Waals surface area contributed by atoms with Crippen LogP contribution in [0.5, 0.6) is 34.5 Å². The fourth-order valence-electron chi connectivity index (χ4n) is 9.79. The van der Waals surface area contributed by atoms with Crippen LogP contribution in [0.15, 0.2) is 121 Å². The zero-order valence-corrected chi connectivity index (χ0v) is 34.1. The minimum Gasteiger partial charge on any atom is -0.508 e. The number of nitro groups is 2. The lowest BCUT2D eigenvalue weighted by molar-refractivity contribution is -0.385. The molecular formula is C49H44N2O9. The summed E-state index contributed by atoms with van der Waals surface area (Å²) in [5.41, 5.74) is 4.07. The number of ketones is 1. The Balaban J connectivity index is 1.13. The highest BCUT2D eigenvalue weighted by Crippen LogP contribution is 2.55. The van der Waals surface area contributed by atoms with Gasteiger partial charge in [0.05, 0.1) is 22.0 Å². The molecule has 2 N–H and O–H groups in total. The van der Waals surface area contributed by atoms with Crippen LogP contribution in [-0.4, -0.2) is 25.8 Å². The molecule has 0 saturated heterocycles. The SMILES string of the molecule is CC1(C)CC(C)(c2ccc(O)cc2)c2cc(Oc3cc(C(=O)c4cc(Oc5ccc6c(c5)C(C)(c5ccc(O)cc5)CC6(C)C)cc([N+](=O)[O-])c4)cc([N+](=O)[O-])c3)ccc21. The average Bonchev–Trinajstić information content (AvgIpc) is 3.54. The van der Waals surface area contributed by atoms with E-state index in [1.165, 1.54) is 24.3 Å². The van der Waals surface area contributed by atoms with Crippen LogP contribution in [0, 0.1) is 20.2 Å². The van der Waals surface area contributed by atoms with E-state index in [2.05, 4.69) is 41.5 Å². The molecule has 304 valence electrons. The van der Waals surface area contributed by atoms with Gasteiger partial charge in [-0.15, -0.1) is 0 Å². The molecule has 2 aliphatic rings. The number of phenols is 2. The molecule has 11 heteroatoms. The quantitative estimate of drug-likeness (QED) is 0.0779. The van der Waals surface area contributed by atoms with E-state index >= 15 is 0 Å². The van der Waals surface area contributed by atoms with Crippen molar-refractivity contribution in [1.82, 2.24) is 0 Å². The van der Waals surface area contributed by atoms with E-state index < -0.39 is 37.8 Å². The van der Waals surface area contributed by atoms with Crippen LogP contribution >= 0.6 is 0 Å². The molecular weight excluding hydrogens is 761 g/mol. The van der Waals surface area contributed by atoms with Crippen molar-refractivity contribution >= 4 is 17.2 Å². The fourth-order valence-corrected chi connectivity index (χ4v) is 9.79. The zero-order valence-electron chi connectivity index (χ0n) is 34.1. The average molecular weight is 805 g/mol. The van der Waals surface area contributed by atoms with Crippen molar-refractivity contribution in [3.05, 3.63) is 186 Å². The number of fused-ring (bicyclic) bond motifs is 2. The van der Waals surface area contributed by atoms with Gasteiger partial charge in [-0.05, 0) is 118 Å². The summed E-state index contributed by atoms with van der Waals surface area (Å²) in [6.07, 6.45) is 1.58. The van der Waals surface area contributed by atoms with Crippen LogP contribution in [-0.2, 0) is 21.7 Å². The lowest BCUT2D eigenvalue weighted by Gasteiger charge is -2.28. The van der Waals surface area contributed by atoms with Crippen LogP contribution in [0.1, 0.15) is 104 Å². The maximum Gasteiger partial charge on any atom is 0.273 e. The molecule has 2 unspecified atom stereocenters. The number of non-ortho nitro benzene ring substituents is 2. The van der Waals surface area contributed by atoms with E-state index in [0.29, 0.717) is 11.5 Å². The summed E-state index contributed by atoms with van der Waals surface area (Å²) in [5.74, 6) is 0.511. The normalized spacial score (nSPS) is 19.6. The number of ether oxygens (including phenoxy) is 2. The number of carbonyl (C=O) groups excluding carboxylic acids is 1. The summed E-state index contributed by atoms with van der Waals surface area (Å²) < 4.78 is 12.5. The highest BCUT2D eigenvalue weighted by molar-refractivity contribution is 6.10. The third kappa shape index (κ3) is 6.99. The Morgan fingerprint density at radius 2 is 0.867 bits per heavy atom. The molecule has 0 bridgehead atoms. The summed E-state index contributed by atoms with van der Waals surface area (Å²) in [6.45, 7) is 12.9. The van der Waals surface area contributed by atoms with Crippen molar-refractivity contribution in [2.45, 2.75) is 76.0 Å². The molecule has 0 fully saturated rings. The molecule has 60 heavy (non-hydrogen) atoms. The minimum absolute atomic E-state index is 0.0377. The van der Waals surface area contributed by atoms with Gasteiger partial charge in [-0.1, -0.05) is 77.9 Å². The third-order valence-electron chi connectivity index (χ3n) is 12.4. The lowest BCUT2D eigenvalue weighted by Crippen LogP contribution is -2.23. The minimum atomic E-state index is -0.705. The number of rotatable bonds is 10. The Kier molecular flexibility index (Phi) is 9.34. The van der Waals surface area contributed by atoms with Crippen molar-refractivity contribution < 1.29 is 34.3 Å². The van der Waals surface area contributed by atoms with E-state index in [0.717, 1.165) is 58.4 Å². The van der Waals surface area contributed by atoms with Gasteiger partial charge in [-0.3, -0.25) is 25.0 Å². The molecule has 0 radical (unpaired) electrons. The highest BCUT2D eigenvalue weighted by atomic mass is 16.6. The number of carbonyl (C=O) groups is 1. The monoisotopic (exact) mass is 804 g/mol. The van der Waals surface area contributed by atoms with Crippen LogP contribution < -0.4 is 9.47 Å². The second-order valence-electron chi connectivity index (χ2n) is 17.8. The predicted molar refractivity (Wildman–Crippen MR) is 227 cm³/mol. The largest absolute Gasteiger partial charge is 0.508 e. The first kappa shape index (κ1) is 39.8. The smallest absolute Gasteiger partial charge is 0.273 e. The molecule has 2 aliphatic carbocycles. The zero-order chi connectivity index (χ0) is 42.9. The molecule has 0 aromatic heterocycles. The lowest BCUT2D eigenvalue weighted by atomic mass is 9.75. The Morgan fingerprint density at radius 1 is 0.500 bits per heavy atom. The van der Waals surface area contributed by atoms with E-state index in [1.54, 1.807) is 36.4 Å². The Labute approximate surface area is 347 Å². The van der Waals surface area contributed by atoms with Crippen LogP contribution in [0.2, 0.25) is 0 Å². The fraction of sp³-hybridized carbons (Fsp3) is 0.245. The predicted octanol–water partition coefficient (Wildman–Crippen LogP) is 11.7. The van der Waals surface area contributed by atoms with Gasteiger partial charge < -0.3 is 19.7 Å². The number of nitrogens with zero attached hydrogens (tertiary/aromatic N) is 2. The first-order chi connectivity index (χ1) is 28.3. The van der Waals surface area contributed by atoms with Crippen molar-refractivity contribution in [3.63, 3.8) is 0 Å². The van der Waals surface area contributed by atoms with Gasteiger partial charge in [-0.25, -0.2) is 0 Å². The van der Waals surface area contributed by atoms with Crippen LogP contribution in [0.25, 0.3) is 0 Å². The number of aromatic hydroxyl groups is 2. The topological polar surface area (TPSA) is 162 Å². The summed E-state index contributed by atoms with van der Waals surface area (Å²) in [5, 5.41) is 44.3. The van der Waals surface area contributed by atoms with Crippen molar-refractivity contribution in [3.8, 4) is 34.5 Å². The van der Waals surface area contributed by atoms with Gasteiger partial charge in [0.15, 0.2) is 5.78 Å². The number of phenolic OH excluding ortho intramolecular Hbond substituents is 2. The first-order valence-corrected chi connectivity index (χ1v) is 19.6. The van der Waals surface area contributed by atoms with Gasteiger partial charge in [0, 0.05) is 34.1 Å². The molecule has 6 aromatic rings. The molecule has 2 atom stereocenters. The standard InChI is InChI=1S/C49H44N2O9/c1-46(2)27-48(5,31-7-11-35(52)12-8-31)43-25-37(15-17-41(43)46)59-39-21-29(19-33(23-39)50(55)56)45(54)30-20-34(51(57)58)24-40(22-30)60-38-16-18-42-44(26-38)49(6,28-47(42,3)4)32-9-13-36(53)14-10-32/h7-26,52-53H,27-28H2,1-6H3. The molecule has 8 rings (SSSR count). The van der Waals surface area contributed by atoms with Gasteiger partial charge in [-0.2, -0.15) is 0 Å². The second-order valence-corrected chi connectivity index (χ2v) is 17.8. The summed E-state index contributed by atoms with van der Waals surface area (Å²) in [6, 6.07) is 33.1. The molecule has 6 aromatic carbocycles. The molecule has 0 aliphatic heterocycles. The molecule has 11 nitrogen and oxygen atoms in total. The van der Waals surface area contributed by atoms with Gasteiger partial charge in [0.25, 0.3) is 11.4 Å². The van der Waals surface area contributed by atoms with Gasteiger partial charge in [0.2, 0.25) is 0 Å². The van der Waals surface area contributed by atoms with E-state index in [-0.39, 0.29) is 45.0 Å². The van der Waals surface area contributed by atoms with Crippen molar-refractivity contribution in [2.24, 2.45) is 0 Å². The molecule has 0 saturated carbocycles. The Hall–Kier alpha value is -7.01. The number of benzene rings is 6. The number of hydrogen-bond acceptors (Lipinski definition) is 9. The second kappa shape index (κ2) is 14.1. The van der Waals surface area contributed by atoms with E-state index in [4.69, 9.17) is 9.47 Å². The maximum atomic E-state index is 14.2. The van der Waals surface area contributed by atoms with E-state index in [1.807, 2.05) is 48.5 Å². The number of nitro benzene ring substituents is 2. The first-order valence-electron chi connectivity index (χ1n) is 19.6. The Morgan fingerprint density at radius 3 is 1.22 bits per heavy atom. The van der Waals surface area contributed by atoms with Crippen molar-refractivity contribution in [2.75, 3.05) is 0 Å². The van der Waals surface area contributed by atoms with Gasteiger partial charge in [0.1, 0.15) is 34.5 Å². The summed E-state index contributed by atoms with van der Waals surface area (Å²) >= 11 is 0. The van der Waals surface area contributed by atoms with Crippen molar-refractivity contribution in [1.29, 1.82) is 0 Å². The van der Waals surface area contributed by atoms with Gasteiger partial charge >= 0.3 is 0 Å². The number of hydrogen-bond donors (Lipinski definition) is 2. The summed E-state index contributed by atoms with van der Waals surface area (Å²) in [4.78, 5) is 37.3.